The van der Waals surface area contributed by atoms with Gasteiger partial charge in [-0.3, -0.25) is 0 Å². The normalized spacial score (nSPS) is 17.1. The molecule has 1 N–H and O–H groups in total. The van der Waals surface area contributed by atoms with Crippen molar-refractivity contribution in [2.45, 2.75) is 10.1 Å². The highest BCUT2D eigenvalue weighted by atomic mass is 35.5. The number of hydrogen-bond donors (Lipinski definition) is 1. The van der Waals surface area contributed by atoms with Crippen LogP contribution in [0.25, 0.3) is 0 Å². The maximum Gasteiger partial charge on any atom is 0.0603 e. The van der Waals surface area contributed by atoms with Crippen LogP contribution in [0.4, 0.5) is 0 Å². The molecule has 0 saturated carbocycles. The van der Waals surface area contributed by atoms with Crippen molar-refractivity contribution in [2.24, 2.45) is 0 Å². The van der Waals surface area contributed by atoms with Crippen LogP contribution in [0.2, 0.25) is 10.0 Å². The van der Waals surface area contributed by atoms with Gasteiger partial charge in [0.15, 0.2) is 0 Å². The van der Waals surface area contributed by atoms with Gasteiger partial charge in [-0.15, -0.1) is 11.8 Å². The summed E-state index contributed by atoms with van der Waals surface area (Å²) < 4.78 is 0. The molecular formula is C9H9Cl2NS. The maximum absolute atomic E-state index is 5.90. The van der Waals surface area contributed by atoms with Crippen molar-refractivity contribution in [3.05, 3.63) is 28.2 Å². The highest BCUT2D eigenvalue weighted by Gasteiger charge is 2.17. The van der Waals surface area contributed by atoms with E-state index in [1.807, 2.05) is 30.0 Å². The first-order valence-corrected chi connectivity index (χ1v) is 5.72. The molecule has 0 atom stereocenters. The van der Waals surface area contributed by atoms with Crippen LogP contribution >= 0.6 is 35.0 Å². The third kappa shape index (κ3) is 2.32. The van der Waals surface area contributed by atoms with Gasteiger partial charge in [-0.05, 0) is 18.2 Å². The standard InChI is InChI=1S/C9H9Cl2NS/c10-8-2-1-6(3-9(8)11)13-7-4-12-5-7/h1-3,7,12H,4-5H2. The molecule has 70 valence electrons. The Hall–Kier alpha value is 0.110. The summed E-state index contributed by atoms with van der Waals surface area (Å²) >= 11 is 13.6. The van der Waals surface area contributed by atoms with E-state index in [2.05, 4.69) is 5.32 Å². The van der Waals surface area contributed by atoms with Gasteiger partial charge in [0.2, 0.25) is 0 Å². The second-order valence-corrected chi connectivity index (χ2v) is 5.16. The van der Waals surface area contributed by atoms with Crippen molar-refractivity contribution in [3.63, 3.8) is 0 Å². The fourth-order valence-corrected chi connectivity index (χ4v) is 2.57. The van der Waals surface area contributed by atoms with Gasteiger partial charge in [0.25, 0.3) is 0 Å². The lowest BCUT2D eigenvalue weighted by molar-refractivity contribution is 0.544. The number of thioether (sulfide) groups is 1. The zero-order valence-electron chi connectivity index (χ0n) is 6.89. The Morgan fingerprint density at radius 1 is 1.23 bits per heavy atom. The molecule has 0 unspecified atom stereocenters. The van der Waals surface area contributed by atoms with E-state index in [9.17, 15) is 0 Å². The van der Waals surface area contributed by atoms with Gasteiger partial charge in [0.05, 0.1) is 10.0 Å². The van der Waals surface area contributed by atoms with E-state index in [-0.39, 0.29) is 0 Å². The quantitative estimate of drug-likeness (QED) is 0.843. The van der Waals surface area contributed by atoms with Crippen LogP contribution in [0.1, 0.15) is 0 Å². The summed E-state index contributed by atoms with van der Waals surface area (Å²) in [5, 5.41) is 5.18. The second-order valence-electron chi connectivity index (χ2n) is 2.97. The van der Waals surface area contributed by atoms with Crippen molar-refractivity contribution in [1.82, 2.24) is 5.32 Å². The number of benzene rings is 1. The Kier molecular flexibility index (Phi) is 3.04. The molecule has 13 heavy (non-hydrogen) atoms. The molecule has 1 aliphatic rings. The molecule has 0 aliphatic carbocycles. The molecular weight excluding hydrogens is 225 g/mol. The number of halogens is 2. The molecule has 1 aromatic rings. The Morgan fingerprint density at radius 2 is 2.00 bits per heavy atom. The Morgan fingerprint density at radius 3 is 2.54 bits per heavy atom. The molecule has 1 heterocycles. The van der Waals surface area contributed by atoms with Crippen LogP contribution in [0.5, 0.6) is 0 Å². The van der Waals surface area contributed by atoms with Gasteiger partial charge in [0, 0.05) is 23.2 Å². The highest BCUT2D eigenvalue weighted by Crippen LogP contribution is 2.31. The summed E-state index contributed by atoms with van der Waals surface area (Å²) in [5.74, 6) is 0. The van der Waals surface area contributed by atoms with Gasteiger partial charge in [-0.2, -0.15) is 0 Å². The fraction of sp³-hybridized carbons (Fsp3) is 0.333. The lowest BCUT2D eigenvalue weighted by atomic mass is 10.3. The largest absolute Gasteiger partial charge is 0.314 e. The summed E-state index contributed by atoms with van der Waals surface area (Å²) in [7, 11) is 0. The van der Waals surface area contributed by atoms with Crippen molar-refractivity contribution in [1.29, 1.82) is 0 Å². The summed E-state index contributed by atoms with van der Waals surface area (Å²) in [4.78, 5) is 1.20. The summed E-state index contributed by atoms with van der Waals surface area (Å²) in [6.45, 7) is 2.18. The minimum Gasteiger partial charge on any atom is -0.314 e. The van der Waals surface area contributed by atoms with E-state index in [1.165, 1.54) is 4.90 Å². The van der Waals surface area contributed by atoms with E-state index in [0.717, 1.165) is 13.1 Å². The SMILES string of the molecule is Clc1ccc(SC2CNC2)cc1Cl. The predicted octanol–water partition coefficient (Wildman–Crippen LogP) is 3.06. The summed E-state index contributed by atoms with van der Waals surface area (Å²) in [6, 6.07) is 5.78. The monoisotopic (exact) mass is 233 g/mol. The molecule has 0 bridgehead atoms. The molecule has 0 spiro atoms. The fourth-order valence-electron chi connectivity index (χ4n) is 1.09. The van der Waals surface area contributed by atoms with Crippen LogP contribution in [0.3, 0.4) is 0 Å². The van der Waals surface area contributed by atoms with Gasteiger partial charge in [-0.25, -0.2) is 0 Å². The van der Waals surface area contributed by atoms with Crippen molar-refractivity contribution < 1.29 is 0 Å². The van der Waals surface area contributed by atoms with Crippen molar-refractivity contribution in [3.8, 4) is 0 Å². The van der Waals surface area contributed by atoms with Crippen molar-refractivity contribution in [2.75, 3.05) is 13.1 Å². The Labute approximate surface area is 91.8 Å². The molecule has 4 heteroatoms. The number of rotatable bonds is 2. The lowest BCUT2D eigenvalue weighted by Crippen LogP contribution is -2.44. The minimum absolute atomic E-state index is 0.623. The van der Waals surface area contributed by atoms with E-state index in [4.69, 9.17) is 23.2 Å². The third-order valence-corrected chi connectivity index (χ3v) is 3.87. The van der Waals surface area contributed by atoms with E-state index < -0.39 is 0 Å². The van der Waals surface area contributed by atoms with Crippen molar-refractivity contribution >= 4 is 35.0 Å². The molecule has 1 aromatic carbocycles. The zero-order chi connectivity index (χ0) is 9.26. The van der Waals surface area contributed by atoms with Crippen LogP contribution < -0.4 is 5.32 Å². The average Bonchev–Trinajstić information content (AvgIpc) is 2.04. The molecule has 0 aromatic heterocycles. The first-order chi connectivity index (χ1) is 6.25. The molecule has 2 rings (SSSR count). The first-order valence-electron chi connectivity index (χ1n) is 4.08. The molecule has 1 fully saturated rings. The number of hydrogen-bond acceptors (Lipinski definition) is 2. The smallest absolute Gasteiger partial charge is 0.0603 e. The van der Waals surface area contributed by atoms with Crippen LogP contribution in [-0.2, 0) is 0 Å². The van der Waals surface area contributed by atoms with E-state index in [0.29, 0.717) is 15.3 Å². The van der Waals surface area contributed by atoms with Gasteiger partial charge < -0.3 is 5.32 Å². The molecule has 1 saturated heterocycles. The molecule has 0 radical (unpaired) electrons. The van der Waals surface area contributed by atoms with Gasteiger partial charge in [0.1, 0.15) is 0 Å². The molecule has 0 amide bonds. The predicted molar refractivity (Wildman–Crippen MR) is 59.0 cm³/mol. The Bertz CT molecular complexity index is 312. The Balaban J connectivity index is 2.07. The maximum atomic E-state index is 5.90. The van der Waals surface area contributed by atoms with Gasteiger partial charge >= 0.3 is 0 Å². The van der Waals surface area contributed by atoms with Crippen LogP contribution in [0.15, 0.2) is 23.1 Å². The van der Waals surface area contributed by atoms with Crippen LogP contribution in [-0.4, -0.2) is 18.3 Å². The van der Waals surface area contributed by atoms with Crippen LogP contribution in [0, 0.1) is 0 Å². The second kappa shape index (κ2) is 4.09. The number of nitrogens with one attached hydrogen (secondary N) is 1. The lowest BCUT2D eigenvalue weighted by Gasteiger charge is -2.26. The minimum atomic E-state index is 0.623. The summed E-state index contributed by atoms with van der Waals surface area (Å²) in [5.41, 5.74) is 0. The zero-order valence-corrected chi connectivity index (χ0v) is 9.22. The average molecular weight is 234 g/mol. The topological polar surface area (TPSA) is 12.0 Å². The van der Waals surface area contributed by atoms with E-state index >= 15 is 0 Å². The van der Waals surface area contributed by atoms with E-state index in [1.54, 1.807) is 0 Å². The summed E-state index contributed by atoms with van der Waals surface area (Å²) in [6.07, 6.45) is 0. The first kappa shape index (κ1) is 9.66. The highest BCUT2D eigenvalue weighted by molar-refractivity contribution is 8.00. The van der Waals surface area contributed by atoms with Gasteiger partial charge in [-0.1, -0.05) is 23.2 Å². The molecule has 1 nitrogen and oxygen atoms in total. The molecule has 1 aliphatic heterocycles. The third-order valence-electron chi connectivity index (χ3n) is 1.94.